The zero-order valence-electron chi connectivity index (χ0n) is 21.4. The van der Waals surface area contributed by atoms with E-state index in [-0.39, 0.29) is 23.8 Å². The topological polar surface area (TPSA) is 78.5 Å². The summed E-state index contributed by atoms with van der Waals surface area (Å²) in [6, 6.07) is 14.6. The van der Waals surface area contributed by atoms with Gasteiger partial charge in [-0.25, -0.2) is 0 Å². The van der Waals surface area contributed by atoms with Crippen LogP contribution in [0, 0.1) is 0 Å². The summed E-state index contributed by atoms with van der Waals surface area (Å²) in [6.07, 6.45) is 9.72. The second-order valence-corrected chi connectivity index (χ2v) is 10.0. The third kappa shape index (κ3) is 6.15. The maximum atomic E-state index is 14.1. The smallest absolute Gasteiger partial charge is 0.255 e. The van der Waals surface area contributed by atoms with Crippen molar-refractivity contribution in [2.45, 2.75) is 83.2 Å². The molecule has 0 aromatic heterocycles. The van der Waals surface area contributed by atoms with Crippen LogP contribution < -0.4 is 10.6 Å². The first-order valence-corrected chi connectivity index (χ1v) is 13.7. The van der Waals surface area contributed by atoms with E-state index in [1.54, 1.807) is 4.90 Å². The van der Waals surface area contributed by atoms with E-state index < -0.39 is 6.04 Å². The van der Waals surface area contributed by atoms with Crippen LogP contribution in [0.4, 0.5) is 0 Å². The Balaban J connectivity index is 1.70. The number of carbonyl (C=O) groups excluding carboxylic acids is 3. The SMILES string of the molecule is CCC(C(=O)NC1CCCCC1)N1CCCCCCNC(=O)c2ccccc2-c2ccccc2C1=O. The lowest BCUT2D eigenvalue weighted by atomic mass is 9.93. The van der Waals surface area contributed by atoms with Crippen molar-refractivity contribution in [3.05, 3.63) is 59.7 Å². The molecule has 6 nitrogen and oxygen atoms in total. The molecule has 0 saturated heterocycles. The van der Waals surface area contributed by atoms with Crippen molar-refractivity contribution in [3.8, 4) is 11.1 Å². The molecule has 1 fully saturated rings. The Morgan fingerprint density at radius 1 is 0.861 bits per heavy atom. The first kappa shape index (κ1) is 25.9. The summed E-state index contributed by atoms with van der Waals surface area (Å²) in [5, 5.41) is 6.29. The molecule has 1 unspecified atom stereocenters. The fourth-order valence-electron chi connectivity index (χ4n) is 5.52. The Labute approximate surface area is 214 Å². The van der Waals surface area contributed by atoms with Crippen LogP contribution in [-0.2, 0) is 4.79 Å². The van der Waals surface area contributed by atoms with Gasteiger partial charge in [0, 0.05) is 30.3 Å². The van der Waals surface area contributed by atoms with Gasteiger partial charge < -0.3 is 15.5 Å². The third-order valence-corrected chi connectivity index (χ3v) is 7.51. The van der Waals surface area contributed by atoms with E-state index in [2.05, 4.69) is 10.6 Å². The van der Waals surface area contributed by atoms with Crippen molar-refractivity contribution in [3.63, 3.8) is 0 Å². The number of amides is 3. The van der Waals surface area contributed by atoms with E-state index in [4.69, 9.17) is 0 Å². The molecule has 1 heterocycles. The van der Waals surface area contributed by atoms with E-state index in [1.165, 1.54) is 6.42 Å². The summed E-state index contributed by atoms with van der Waals surface area (Å²) in [5.74, 6) is -0.320. The fraction of sp³-hybridized carbons (Fsp3) is 0.500. The summed E-state index contributed by atoms with van der Waals surface area (Å²) in [4.78, 5) is 42.4. The Morgan fingerprint density at radius 2 is 1.44 bits per heavy atom. The van der Waals surface area contributed by atoms with Gasteiger partial charge in [0.25, 0.3) is 11.8 Å². The van der Waals surface area contributed by atoms with Crippen LogP contribution in [0.1, 0.15) is 91.8 Å². The quantitative estimate of drug-likeness (QED) is 0.610. The number of benzene rings is 2. The van der Waals surface area contributed by atoms with Crippen LogP contribution >= 0.6 is 0 Å². The Bertz CT molecular complexity index is 1060. The van der Waals surface area contributed by atoms with E-state index in [0.29, 0.717) is 30.6 Å². The van der Waals surface area contributed by atoms with Crippen molar-refractivity contribution in [2.75, 3.05) is 13.1 Å². The Morgan fingerprint density at radius 3 is 2.14 bits per heavy atom. The van der Waals surface area contributed by atoms with Gasteiger partial charge in [-0.3, -0.25) is 14.4 Å². The minimum atomic E-state index is -0.515. The molecule has 1 atom stereocenters. The molecule has 0 radical (unpaired) electrons. The molecule has 4 rings (SSSR count). The average Bonchev–Trinajstić information content (AvgIpc) is 2.91. The second-order valence-electron chi connectivity index (χ2n) is 10.0. The first-order chi connectivity index (χ1) is 17.6. The Kier molecular flexibility index (Phi) is 9.15. The standard InChI is InChI=1S/C30H39N3O3/c1-2-27(29(35)32-22-14-6-5-7-15-22)33-21-13-4-3-12-20-31-28(34)25-18-10-8-16-23(25)24-17-9-11-19-26(24)30(33)36/h8-11,16-19,22,27H,2-7,12-15,20-21H2,1H3,(H,31,34)(H,32,35). The average molecular weight is 490 g/mol. The predicted molar refractivity (Wildman–Crippen MR) is 143 cm³/mol. The number of nitrogens with zero attached hydrogens (tertiary/aromatic N) is 1. The molecule has 1 aliphatic carbocycles. The molecule has 36 heavy (non-hydrogen) atoms. The highest BCUT2D eigenvalue weighted by Gasteiger charge is 2.32. The molecule has 6 heteroatoms. The van der Waals surface area contributed by atoms with Crippen molar-refractivity contribution >= 4 is 17.7 Å². The first-order valence-electron chi connectivity index (χ1n) is 13.7. The number of hydrogen-bond acceptors (Lipinski definition) is 3. The van der Waals surface area contributed by atoms with Crippen LogP contribution in [0.3, 0.4) is 0 Å². The van der Waals surface area contributed by atoms with E-state index in [1.807, 2.05) is 55.5 Å². The van der Waals surface area contributed by atoms with Crippen LogP contribution in [0.25, 0.3) is 11.1 Å². The molecular weight excluding hydrogens is 450 g/mol. The highest BCUT2D eigenvalue weighted by Crippen LogP contribution is 2.29. The summed E-state index contributed by atoms with van der Waals surface area (Å²) < 4.78 is 0. The van der Waals surface area contributed by atoms with E-state index in [0.717, 1.165) is 62.5 Å². The lowest BCUT2D eigenvalue weighted by Gasteiger charge is -2.33. The number of hydrogen-bond donors (Lipinski definition) is 2. The summed E-state index contributed by atoms with van der Waals surface area (Å²) in [7, 11) is 0. The molecule has 0 spiro atoms. The molecule has 2 N–H and O–H groups in total. The van der Waals surface area contributed by atoms with Gasteiger partial charge in [-0.1, -0.05) is 75.4 Å². The molecule has 1 aliphatic heterocycles. The lowest BCUT2D eigenvalue weighted by molar-refractivity contribution is -0.126. The zero-order chi connectivity index (χ0) is 25.3. The number of fused-ring (bicyclic) bond motifs is 3. The molecule has 2 aromatic rings. The van der Waals surface area contributed by atoms with Gasteiger partial charge in [-0.05, 0) is 55.4 Å². The van der Waals surface area contributed by atoms with Crippen LogP contribution in [-0.4, -0.2) is 47.8 Å². The maximum absolute atomic E-state index is 14.1. The molecular formula is C30H39N3O3. The van der Waals surface area contributed by atoms with Crippen LogP contribution in [0.2, 0.25) is 0 Å². The number of rotatable bonds is 4. The van der Waals surface area contributed by atoms with Gasteiger partial charge >= 0.3 is 0 Å². The third-order valence-electron chi connectivity index (χ3n) is 7.51. The number of carbonyl (C=O) groups is 3. The van der Waals surface area contributed by atoms with Crippen LogP contribution in [0.5, 0.6) is 0 Å². The van der Waals surface area contributed by atoms with Crippen molar-refractivity contribution < 1.29 is 14.4 Å². The number of nitrogens with one attached hydrogen (secondary N) is 2. The Hall–Kier alpha value is -3.15. The van der Waals surface area contributed by atoms with Gasteiger partial charge in [-0.2, -0.15) is 0 Å². The van der Waals surface area contributed by atoms with Gasteiger partial charge in [0.05, 0.1) is 0 Å². The van der Waals surface area contributed by atoms with E-state index in [9.17, 15) is 14.4 Å². The van der Waals surface area contributed by atoms with E-state index >= 15 is 0 Å². The molecule has 1 saturated carbocycles. The second kappa shape index (κ2) is 12.7. The largest absolute Gasteiger partial charge is 0.352 e. The highest BCUT2D eigenvalue weighted by molar-refractivity contribution is 6.07. The normalized spacial score (nSPS) is 18.9. The summed E-state index contributed by atoms with van der Waals surface area (Å²) in [5.41, 5.74) is 2.54. The van der Waals surface area contributed by atoms with Gasteiger partial charge in [-0.15, -0.1) is 0 Å². The molecule has 0 bridgehead atoms. The highest BCUT2D eigenvalue weighted by atomic mass is 16.2. The zero-order valence-corrected chi connectivity index (χ0v) is 21.4. The molecule has 3 amide bonds. The molecule has 2 aromatic carbocycles. The minimum absolute atomic E-state index is 0.0453. The lowest BCUT2D eigenvalue weighted by Crippen LogP contribution is -2.52. The molecule has 192 valence electrons. The van der Waals surface area contributed by atoms with Gasteiger partial charge in [0.1, 0.15) is 6.04 Å². The monoisotopic (exact) mass is 489 g/mol. The summed E-state index contributed by atoms with van der Waals surface area (Å²) in [6.45, 7) is 3.14. The molecule has 2 aliphatic rings. The van der Waals surface area contributed by atoms with Crippen molar-refractivity contribution in [1.29, 1.82) is 0 Å². The fourth-order valence-corrected chi connectivity index (χ4v) is 5.52. The van der Waals surface area contributed by atoms with Crippen molar-refractivity contribution in [2.24, 2.45) is 0 Å². The van der Waals surface area contributed by atoms with Crippen molar-refractivity contribution in [1.82, 2.24) is 15.5 Å². The predicted octanol–water partition coefficient (Wildman–Crippen LogP) is 5.33. The van der Waals surface area contributed by atoms with Gasteiger partial charge in [0.2, 0.25) is 5.91 Å². The maximum Gasteiger partial charge on any atom is 0.255 e. The van der Waals surface area contributed by atoms with Crippen LogP contribution in [0.15, 0.2) is 48.5 Å². The van der Waals surface area contributed by atoms with Gasteiger partial charge in [0.15, 0.2) is 0 Å². The summed E-state index contributed by atoms with van der Waals surface area (Å²) >= 11 is 0. The minimum Gasteiger partial charge on any atom is -0.352 e.